The SMILES string of the molecule is CCCn1ncc(Cl)c1C(NC)c1cnn2ccccc12. The van der Waals surface area contributed by atoms with Gasteiger partial charge in [0.05, 0.1) is 34.7 Å². The van der Waals surface area contributed by atoms with Crippen molar-refractivity contribution in [1.29, 1.82) is 0 Å². The van der Waals surface area contributed by atoms with Crippen LogP contribution in [0.5, 0.6) is 0 Å². The summed E-state index contributed by atoms with van der Waals surface area (Å²) in [6.45, 7) is 2.97. The van der Waals surface area contributed by atoms with Gasteiger partial charge < -0.3 is 5.32 Å². The highest BCUT2D eigenvalue weighted by molar-refractivity contribution is 6.31. The lowest BCUT2D eigenvalue weighted by Gasteiger charge is -2.18. The number of aromatic nitrogens is 4. The van der Waals surface area contributed by atoms with Gasteiger partial charge in [0.1, 0.15) is 0 Å². The molecule has 3 aromatic heterocycles. The number of rotatable bonds is 5. The summed E-state index contributed by atoms with van der Waals surface area (Å²) in [7, 11) is 1.93. The van der Waals surface area contributed by atoms with Crippen molar-refractivity contribution in [2.75, 3.05) is 7.05 Å². The lowest BCUT2D eigenvalue weighted by molar-refractivity contribution is 0.536. The fourth-order valence-electron chi connectivity index (χ4n) is 2.67. The topological polar surface area (TPSA) is 47.2 Å². The van der Waals surface area contributed by atoms with Crippen molar-refractivity contribution in [3.8, 4) is 0 Å². The Morgan fingerprint density at radius 3 is 2.90 bits per heavy atom. The number of halogens is 1. The Labute approximate surface area is 128 Å². The first kappa shape index (κ1) is 14.1. The number of hydrogen-bond acceptors (Lipinski definition) is 3. The molecule has 21 heavy (non-hydrogen) atoms. The van der Waals surface area contributed by atoms with Crippen LogP contribution >= 0.6 is 11.6 Å². The molecule has 6 heteroatoms. The van der Waals surface area contributed by atoms with Gasteiger partial charge in [0.15, 0.2) is 0 Å². The third-order valence-corrected chi connectivity index (χ3v) is 3.89. The molecule has 0 radical (unpaired) electrons. The van der Waals surface area contributed by atoms with Crippen LogP contribution in [0.1, 0.15) is 30.6 Å². The molecule has 3 rings (SSSR count). The third-order valence-electron chi connectivity index (χ3n) is 3.60. The Morgan fingerprint density at radius 2 is 2.14 bits per heavy atom. The first-order valence-corrected chi connectivity index (χ1v) is 7.44. The van der Waals surface area contributed by atoms with Crippen LogP contribution in [0.4, 0.5) is 0 Å². The van der Waals surface area contributed by atoms with Gasteiger partial charge in [-0.2, -0.15) is 10.2 Å². The van der Waals surface area contributed by atoms with E-state index in [1.54, 1.807) is 6.20 Å². The molecule has 1 N–H and O–H groups in total. The molecule has 3 aromatic rings. The summed E-state index contributed by atoms with van der Waals surface area (Å²) in [6.07, 6.45) is 6.55. The third kappa shape index (κ3) is 2.43. The fourth-order valence-corrected chi connectivity index (χ4v) is 2.92. The van der Waals surface area contributed by atoms with Gasteiger partial charge >= 0.3 is 0 Å². The zero-order valence-electron chi connectivity index (χ0n) is 12.1. The standard InChI is InChI=1S/C15H18ClN5/c1-3-7-21-15(12(16)10-19-21)14(17-2)11-9-18-20-8-5-4-6-13(11)20/h4-6,8-10,14,17H,3,7H2,1-2H3. The zero-order valence-corrected chi connectivity index (χ0v) is 12.9. The molecule has 110 valence electrons. The molecule has 0 fully saturated rings. The largest absolute Gasteiger partial charge is 0.308 e. The summed E-state index contributed by atoms with van der Waals surface area (Å²) < 4.78 is 3.84. The molecule has 0 spiro atoms. The summed E-state index contributed by atoms with van der Waals surface area (Å²) >= 11 is 6.37. The van der Waals surface area contributed by atoms with E-state index in [0.29, 0.717) is 5.02 Å². The maximum atomic E-state index is 6.37. The van der Waals surface area contributed by atoms with E-state index in [2.05, 4.69) is 28.5 Å². The number of pyridine rings is 1. The quantitative estimate of drug-likeness (QED) is 0.788. The fraction of sp³-hybridized carbons (Fsp3) is 0.333. The second kappa shape index (κ2) is 5.87. The van der Waals surface area contributed by atoms with E-state index in [1.165, 1.54) is 0 Å². The maximum absolute atomic E-state index is 6.37. The molecule has 0 aliphatic carbocycles. The molecular formula is C15H18ClN5. The Morgan fingerprint density at radius 1 is 1.29 bits per heavy atom. The van der Waals surface area contributed by atoms with E-state index >= 15 is 0 Å². The van der Waals surface area contributed by atoms with Gasteiger partial charge in [0, 0.05) is 18.3 Å². The van der Waals surface area contributed by atoms with Crippen molar-refractivity contribution in [3.63, 3.8) is 0 Å². The Hall–Kier alpha value is -1.85. The summed E-state index contributed by atoms with van der Waals surface area (Å²) in [5.41, 5.74) is 3.15. The van der Waals surface area contributed by atoms with Crippen LogP contribution in [-0.4, -0.2) is 26.4 Å². The number of nitrogens with zero attached hydrogens (tertiary/aromatic N) is 4. The van der Waals surface area contributed by atoms with Gasteiger partial charge in [-0.25, -0.2) is 4.52 Å². The summed E-state index contributed by atoms with van der Waals surface area (Å²) in [5.74, 6) is 0. The van der Waals surface area contributed by atoms with Crippen LogP contribution < -0.4 is 5.32 Å². The van der Waals surface area contributed by atoms with E-state index < -0.39 is 0 Å². The van der Waals surface area contributed by atoms with Gasteiger partial charge in [0.2, 0.25) is 0 Å². The number of aryl methyl sites for hydroxylation is 1. The second-order valence-electron chi connectivity index (χ2n) is 4.95. The molecule has 3 heterocycles. The summed E-state index contributed by atoms with van der Waals surface area (Å²) in [4.78, 5) is 0. The predicted molar refractivity (Wildman–Crippen MR) is 83.6 cm³/mol. The van der Waals surface area contributed by atoms with Crippen LogP contribution in [-0.2, 0) is 6.54 Å². The van der Waals surface area contributed by atoms with Crippen molar-refractivity contribution in [2.24, 2.45) is 0 Å². The van der Waals surface area contributed by atoms with Gasteiger partial charge in [-0.15, -0.1) is 0 Å². The Balaban J connectivity index is 2.12. The minimum atomic E-state index is -0.0357. The van der Waals surface area contributed by atoms with Crippen LogP contribution in [0.15, 0.2) is 36.8 Å². The summed E-state index contributed by atoms with van der Waals surface area (Å²) in [5, 5.41) is 12.8. The number of fused-ring (bicyclic) bond motifs is 1. The van der Waals surface area contributed by atoms with Crippen LogP contribution in [0, 0.1) is 0 Å². The van der Waals surface area contributed by atoms with Crippen molar-refractivity contribution < 1.29 is 0 Å². The second-order valence-corrected chi connectivity index (χ2v) is 5.36. The predicted octanol–water partition coefficient (Wildman–Crippen LogP) is 2.90. The molecule has 5 nitrogen and oxygen atoms in total. The van der Waals surface area contributed by atoms with Crippen LogP contribution in [0.2, 0.25) is 5.02 Å². The molecule has 1 atom stereocenters. The molecule has 0 saturated heterocycles. The summed E-state index contributed by atoms with van der Waals surface area (Å²) in [6, 6.07) is 6.00. The lowest BCUT2D eigenvalue weighted by atomic mass is 10.1. The Bertz CT molecular complexity index is 745. The highest BCUT2D eigenvalue weighted by Crippen LogP contribution is 2.30. The van der Waals surface area contributed by atoms with E-state index in [1.807, 2.05) is 40.8 Å². The number of nitrogens with one attached hydrogen (secondary N) is 1. The van der Waals surface area contributed by atoms with Crippen molar-refractivity contribution in [3.05, 3.63) is 53.1 Å². The highest BCUT2D eigenvalue weighted by Gasteiger charge is 2.23. The van der Waals surface area contributed by atoms with E-state index in [9.17, 15) is 0 Å². The Kier molecular flexibility index (Phi) is 3.94. The molecule has 0 bridgehead atoms. The van der Waals surface area contributed by atoms with E-state index in [4.69, 9.17) is 11.6 Å². The van der Waals surface area contributed by atoms with Crippen molar-refractivity contribution >= 4 is 17.1 Å². The first-order valence-electron chi connectivity index (χ1n) is 7.07. The van der Waals surface area contributed by atoms with Crippen LogP contribution in [0.3, 0.4) is 0 Å². The van der Waals surface area contributed by atoms with Crippen LogP contribution in [0.25, 0.3) is 5.52 Å². The minimum absolute atomic E-state index is 0.0357. The van der Waals surface area contributed by atoms with Gasteiger partial charge in [0.25, 0.3) is 0 Å². The molecule has 1 unspecified atom stereocenters. The normalized spacial score (nSPS) is 12.9. The zero-order chi connectivity index (χ0) is 14.8. The van der Waals surface area contributed by atoms with E-state index in [0.717, 1.165) is 29.7 Å². The molecule has 0 aliphatic rings. The molecule has 0 aromatic carbocycles. The first-order chi connectivity index (χ1) is 10.3. The van der Waals surface area contributed by atoms with E-state index in [-0.39, 0.29) is 6.04 Å². The maximum Gasteiger partial charge on any atom is 0.0837 e. The van der Waals surface area contributed by atoms with Gasteiger partial charge in [-0.05, 0) is 25.6 Å². The molecular weight excluding hydrogens is 286 g/mol. The highest BCUT2D eigenvalue weighted by atomic mass is 35.5. The number of hydrogen-bond donors (Lipinski definition) is 1. The van der Waals surface area contributed by atoms with Crippen molar-refractivity contribution in [1.82, 2.24) is 24.7 Å². The van der Waals surface area contributed by atoms with Gasteiger partial charge in [-0.1, -0.05) is 24.6 Å². The minimum Gasteiger partial charge on any atom is -0.308 e. The molecule has 0 amide bonds. The van der Waals surface area contributed by atoms with Gasteiger partial charge in [-0.3, -0.25) is 4.68 Å². The molecule has 0 aliphatic heterocycles. The monoisotopic (exact) mass is 303 g/mol. The smallest absolute Gasteiger partial charge is 0.0837 e. The lowest BCUT2D eigenvalue weighted by Crippen LogP contribution is -2.22. The molecule has 0 saturated carbocycles. The average molecular weight is 304 g/mol. The van der Waals surface area contributed by atoms with Crippen molar-refractivity contribution in [2.45, 2.75) is 25.9 Å². The average Bonchev–Trinajstić information content (AvgIpc) is 3.07.